The number of benzene rings is 2. The van der Waals surface area contributed by atoms with Crippen LogP contribution >= 0.6 is 0 Å². The van der Waals surface area contributed by atoms with Gasteiger partial charge in [0.2, 0.25) is 15.9 Å². The summed E-state index contributed by atoms with van der Waals surface area (Å²) >= 11 is 0. The molecule has 148 valence electrons. The topological polar surface area (TPSA) is 147 Å². The first-order valence-electron chi connectivity index (χ1n) is 8.20. The van der Waals surface area contributed by atoms with Crippen molar-refractivity contribution in [3.8, 4) is 0 Å². The molecule has 0 heterocycles. The van der Waals surface area contributed by atoms with Crippen LogP contribution in [0.15, 0.2) is 53.4 Å². The van der Waals surface area contributed by atoms with Gasteiger partial charge in [-0.25, -0.2) is 13.1 Å². The van der Waals surface area contributed by atoms with Crippen molar-refractivity contribution in [1.29, 1.82) is 0 Å². The van der Waals surface area contributed by atoms with Gasteiger partial charge in [0.25, 0.3) is 11.8 Å². The van der Waals surface area contributed by atoms with E-state index in [1.165, 1.54) is 31.3 Å². The van der Waals surface area contributed by atoms with Gasteiger partial charge in [0.05, 0.1) is 11.4 Å². The average Bonchev–Trinajstić information content (AvgIpc) is 2.70. The highest BCUT2D eigenvalue weighted by molar-refractivity contribution is 7.89. The average molecular weight is 404 g/mol. The van der Waals surface area contributed by atoms with E-state index >= 15 is 0 Å². The quantitative estimate of drug-likeness (QED) is 0.478. The Labute approximate surface area is 162 Å². The molecule has 0 spiro atoms. The SMILES string of the molecule is CNS(=O)(=O)c1cccc(C(=O)NCc2ccc(C(=O)NCC(N)=O)cc2)c1. The van der Waals surface area contributed by atoms with Crippen LogP contribution < -0.4 is 21.1 Å². The monoisotopic (exact) mass is 404 g/mol. The van der Waals surface area contributed by atoms with Crippen LogP contribution in [0.25, 0.3) is 0 Å². The van der Waals surface area contributed by atoms with Crippen LogP contribution in [0.2, 0.25) is 0 Å². The van der Waals surface area contributed by atoms with Gasteiger partial charge < -0.3 is 16.4 Å². The summed E-state index contributed by atoms with van der Waals surface area (Å²) in [5.41, 5.74) is 6.26. The first-order valence-corrected chi connectivity index (χ1v) is 9.68. The molecule has 0 aromatic heterocycles. The first kappa shape index (κ1) is 21.1. The number of nitrogens with two attached hydrogens (primary N) is 1. The van der Waals surface area contributed by atoms with Gasteiger partial charge in [-0.1, -0.05) is 18.2 Å². The molecule has 0 bridgehead atoms. The van der Waals surface area contributed by atoms with E-state index in [1.54, 1.807) is 24.3 Å². The van der Waals surface area contributed by atoms with Crippen molar-refractivity contribution >= 4 is 27.7 Å². The van der Waals surface area contributed by atoms with Crippen LogP contribution in [0.4, 0.5) is 0 Å². The van der Waals surface area contributed by atoms with E-state index in [9.17, 15) is 22.8 Å². The van der Waals surface area contributed by atoms with Crippen LogP contribution in [0.1, 0.15) is 26.3 Å². The van der Waals surface area contributed by atoms with Crippen molar-refractivity contribution in [2.24, 2.45) is 5.73 Å². The number of hydrogen-bond acceptors (Lipinski definition) is 5. The van der Waals surface area contributed by atoms with Gasteiger partial charge in [0, 0.05) is 17.7 Å². The molecule has 0 saturated carbocycles. The Morgan fingerprint density at radius 2 is 1.57 bits per heavy atom. The molecule has 0 aliphatic heterocycles. The number of nitrogens with one attached hydrogen (secondary N) is 3. The predicted molar refractivity (Wildman–Crippen MR) is 102 cm³/mol. The molecule has 0 aliphatic carbocycles. The number of sulfonamides is 1. The normalized spacial score (nSPS) is 10.9. The third-order valence-electron chi connectivity index (χ3n) is 3.77. The molecule has 0 atom stereocenters. The Bertz CT molecular complexity index is 987. The summed E-state index contributed by atoms with van der Waals surface area (Å²) in [7, 11) is -2.35. The molecule has 9 nitrogen and oxygen atoms in total. The summed E-state index contributed by atoms with van der Waals surface area (Å²) in [5, 5.41) is 5.06. The molecule has 2 aromatic carbocycles. The minimum atomic E-state index is -3.64. The fraction of sp³-hybridized carbons (Fsp3) is 0.167. The zero-order valence-electron chi connectivity index (χ0n) is 15.1. The largest absolute Gasteiger partial charge is 0.368 e. The lowest BCUT2D eigenvalue weighted by atomic mass is 10.1. The molecule has 0 aliphatic rings. The number of carbonyl (C=O) groups is 3. The van der Waals surface area contributed by atoms with Gasteiger partial charge in [0.15, 0.2) is 0 Å². The second kappa shape index (κ2) is 9.11. The number of primary amides is 1. The Hall–Kier alpha value is -3.24. The minimum Gasteiger partial charge on any atom is -0.368 e. The van der Waals surface area contributed by atoms with Gasteiger partial charge >= 0.3 is 0 Å². The number of amides is 3. The number of carbonyl (C=O) groups excluding carboxylic acids is 3. The lowest BCUT2D eigenvalue weighted by Crippen LogP contribution is -2.33. The Morgan fingerprint density at radius 3 is 2.18 bits per heavy atom. The minimum absolute atomic E-state index is 0.00558. The summed E-state index contributed by atoms with van der Waals surface area (Å²) < 4.78 is 25.8. The summed E-state index contributed by atoms with van der Waals surface area (Å²) in [4.78, 5) is 34.8. The zero-order valence-corrected chi connectivity index (χ0v) is 15.9. The second-order valence-electron chi connectivity index (χ2n) is 5.76. The Kier molecular flexibility index (Phi) is 6.85. The summed E-state index contributed by atoms with van der Waals surface area (Å²) in [6.07, 6.45) is 0. The number of rotatable bonds is 8. The fourth-order valence-corrected chi connectivity index (χ4v) is 3.03. The van der Waals surface area contributed by atoms with Crippen molar-refractivity contribution in [3.05, 3.63) is 65.2 Å². The van der Waals surface area contributed by atoms with E-state index < -0.39 is 27.7 Å². The molecule has 2 rings (SSSR count). The maximum atomic E-state index is 12.3. The van der Waals surface area contributed by atoms with E-state index in [4.69, 9.17) is 5.73 Å². The lowest BCUT2D eigenvalue weighted by Gasteiger charge is -2.08. The van der Waals surface area contributed by atoms with Crippen LogP contribution in [0.3, 0.4) is 0 Å². The summed E-state index contributed by atoms with van der Waals surface area (Å²) in [6, 6.07) is 12.1. The molecule has 0 saturated heterocycles. The smallest absolute Gasteiger partial charge is 0.251 e. The highest BCUT2D eigenvalue weighted by Crippen LogP contribution is 2.11. The Morgan fingerprint density at radius 1 is 0.929 bits per heavy atom. The molecule has 10 heteroatoms. The van der Waals surface area contributed by atoms with Gasteiger partial charge in [-0.2, -0.15) is 0 Å². The molecule has 0 unspecified atom stereocenters. The van der Waals surface area contributed by atoms with Crippen molar-refractivity contribution in [3.63, 3.8) is 0 Å². The van der Waals surface area contributed by atoms with Gasteiger partial charge in [0.1, 0.15) is 0 Å². The van der Waals surface area contributed by atoms with Crippen molar-refractivity contribution in [2.45, 2.75) is 11.4 Å². The van der Waals surface area contributed by atoms with E-state index in [0.717, 1.165) is 5.56 Å². The molecular formula is C18H20N4O5S. The van der Waals surface area contributed by atoms with Crippen LogP contribution in [0, 0.1) is 0 Å². The van der Waals surface area contributed by atoms with Crippen molar-refractivity contribution in [1.82, 2.24) is 15.4 Å². The highest BCUT2D eigenvalue weighted by atomic mass is 32.2. The summed E-state index contributed by atoms with van der Waals surface area (Å²) in [5.74, 6) is -1.51. The first-order chi connectivity index (χ1) is 13.2. The number of hydrogen-bond donors (Lipinski definition) is 4. The van der Waals surface area contributed by atoms with Crippen LogP contribution in [-0.2, 0) is 21.4 Å². The molecule has 2 aromatic rings. The predicted octanol–water partition coefficient (Wildman–Crippen LogP) is -0.260. The standard InChI is InChI=1S/C18H20N4O5S/c1-20-28(26,27)15-4-2-3-14(9-15)18(25)21-10-12-5-7-13(8-6-12)17(24)22-11-16(19)23/h2-9,20H,10-11H2,1H3,(H2,19,23)(H,21,25)(H,22,24). The van der Waals surface area contributed by atoms with Gasteiger partial charge in [-0.05, 0) is 42.9 Å². The van der Waals surface area contributed by atoms with E-state index in [1.807, 2.05) is 0 Å². The van der Waals surface area contributed by atoms with Crippen LogP contribution in [-0.4, -0.2) is 39.7 Å². The van der Waals surface area contributed by atoms with Crippen LogP contribution in [0.5, 0.6) is 0 Å². The maximum absolute atomic E-state index is 12.3. The third kappa shape index (κ3) is 5.63. The van der Waals surface area contributed by atoms with Crippen molar-refractivity contribution < 1.29 is 22.8 Å². The third-order valence-corrected chi connectivity index (χ3v) is 5.18. The van der Waals surface area contributed by atoms with E-state index in [0.29, 0.717) is 5.56 Å². The molecular weight excluding hydrogens is 384 g/mol. The Balaban J connectivity index is 1.99. The molecule has 28 heavy (non-hydrogen) atoms. The molecule has 5 N–H and O–H groups in total. The fourth-order valence-electron chi connectivity index (χ4n) is 2.25. The molecule has 0 fully saturated rings. The second-order valence-corrected chi connectivity index (χ2v) is 7.65. The van der Waals surface area contributed by atoms with E-state index in [2.05, 4.69) is 15.4 Å². The highest BCUT2D eigenvalue weighted by Gasteiger charge is 2.14. The zero-order chi connectivity index (χ0) is 20.7. The molecule has 3 amide bonds. The van der Waals surface area contributed by atoms with E-state index in [-0.39, 0.29) is 23.5 Å². The van der Waals surface area contributed by atoms with Gasteiger partial charge in [-0.15, -0.1) is 0 Å². The van der Waals surface area contributed by atoms with Gasteiger partial charge in [-0.3, -0.25) is 14.4 Å². The lowest BCUT2D eigenvalue weighted by molar-refractivity contribution is -0.117. The molecule has 0 radical (unpaired) electrons. The maximum Gasteiger partial charge on any atom is 0.251 e. The summed E-state index contributed by atoms with van der Waals surface area (Å²) in [6.45, 7) is -0.0655. The van der Waals surface area contributed by atoms with Crippen molar-refractivity contribution in [2.75, 3.05) is 13.6 Å².